The zero-order valence-electron chi connectivity index (χ0n) is 42.2. The molecule has 3 fully saturated rings. The number of aliphatic hydroxyl groups is 1. The van der Waals surface area contributed by atoms with Gasteiger partial charge in [0, 0.05) is 81.9 Å². The molecule has 0 aliphatic carbocycles. The van der Waals surface area contributed by atoms with Crippen LogP contribution in [-0.4, -0.2) is 116 Å². The number of halogens is 2. The van der Waals surface area contributed by atoms with Crippen molar-refractivity contribution in [3.8, 4) is 34.2 Å². The number of aromatic amines is 3. The third-order valence-electron chi connectivity index (χ3n) is 14.2. The summed E-state index contributed by atoms with van der Waals surface area (Å²) in [7, 11) is 0. The molecule has 1 unspecified atom stereocenters. The van der Waals surface area contributed by atoms with Crippen molar-refractivity contribution in [3.63, 3.8) is 0 Å². The van der Waals surface area contributed by atoms with Crippen LogP contribution in [0.5, 0.6) is 0 Å². The summed E-state index contributed by atoms with van der Waals surface area (Å²) >= 11 is 13.1. The van der Waals surface area contributed by atoms with Crippen LogP contribution < -0.4 is 26.6 Å². The summed E-state index contributed by atoms with van der Waals surface area (Å²) in [5.74, 6) is 2.47. The average Bonchev–Trinajstić information content (AvgIpc) is 4.20. The predicted molar refractivity (Wildman–Crippen MR) is 298 cm³/mol. The van der Waals surface area contributed by atoms with E-state index in [0.717, 1.165) is 144 Å². The summed E-state index contributed by atoms with van der Waals surface area (Å²) in [4.78, 5) is 31.8. The molecule has 12 heterocycles. The van der Waals surface area contributed by atoms with Gasteiger partial charge in [-0.2, -0.15) is 15.3 Å². The Kier molecular flexibility index (Phi) is 15.1. The fourth-order valence-electron chi connectivity index (χ4n) is 10.2. The highest BCUT2D eigenvalue weighted by Crippen LogP contribution is 2.38. The minimum absolute atomic E-state index is 0. The summed E-state index contributed by atoms with van der Waals surface area (Å²) in [5, 5.41) is 40.8. The second-order valence-corrected chi connectivity index (χ2v) is 20.9. The van der Waals surface area contributed by atoms with Crippen molar-refractivity contribution >= 4 is 67.9 Å². The molecule has 3 aliphatic heterocycles. The van der Waals surface area contributed by atoms with E-state index in [1.54, 1.807) is 18.6 Å². The molecule has 20 heteroatoms. The molecule has 9 aromatic heterocycles. The number of anilines is 2. The molecule has 0 saturated carbocycles. The van der Waals surface area contributed by atoms with Gasteiger partial charge in [0.2, 0.25) is 0 Å². The van der Waals surface area contributed by atoms with Crippen LogP contribution in [0.4, 0.5) is 11.6 Å². The summed E-state index contributed by atoms with van der Waals surface area (Å²) in [5.41, 5.74) is 20.5. The Hall–Kier alpha value is -6.67. The number of nitrogens with two attached hydrogens (primary N) is 2. The molecule has 9 aromatic rings. The van der Waals surface area contributed by atoms with E-state index in [1.165, 1.54) is 0 Å². The maximum absolute atomic E-state index is 11.3. The predicted octanol–water partition coefficient (Wildman–Crippen LogP) is 9.32. The highest BCUT2D eigenvalue weighted by Gasteiger charge is 2.37. The Labute approximate surface area is 442 Å². The van der Waals surface area contributed by atoms with Gasteiger partial charge in [-0.1, -0.05) is 43.1 Å². The Balaban J connectivity index is 0.000000149. The van der Waals surface area contributed by atoms with Crippen molar-refractivity contribution in [1.82, 2.24) is 65.8 Å². The molecule has 18 nitrogen and oxygen atoms in total. The maximum atomic E-state index is 11.3. The highest BCUT2D eigenvalue weighted by atomic mass is 35.5. The van der Waals surface area contributed by atoms with Crippen molar-refractivity contribution in [2.24, 2.45) is 17.4 Å². The lowest BCUT2D eigenvalue weighted by atomic mass is 9.82. The SMILES string of the molecule is CC(C)C[C@H]1CC(O)(c2cccc(-c3[nH]nc4ncccc34)n2)CCN1.Cc1cc(N2CCC(N)CC2)nc(-c2[nH]nc3ncccc23)c1Cl.Cc1cc(N2CCC(N)CC2)nc(-c2[nH]nc3ncccc23)c1Cl.[HH].[HH]. The lowest BCUT2D eigenvalue weighted by Gasteiger charge is -2.38. The lowest BCUT2D eigenvalue weighted by Crippen LogP contribution is -2.47. The number of piperidine rings is 3. The van der Waals surface area contributed by atoms with Crippen LogP contribution in [0.2, 0.25) is 10.0 Å². The van der Waals surface area contributed by atoms with Crippen LogP contribution in [0.25, 0.3) is 67.3 Å². The number of hydrogen-bond acceptors (Lipinski definition) is 15. The molecule has 3 saturated heterocycles. The van der Waals surface area contributed by atoms with E-state index in [4.69, 9.17) is 49.6 Å². The Morgan fingerprint density at radius 1 is 0.662 bits per heavy atom. The first-order chi connectivity index (χ1) is 35.8. The standard InChI is InChI=1S/C20H25N5O.2C17H19ClN6.2H2/c1-13(2)11-14-12-20(26,8-10-21-14)17-7-3-6-16(23-17)18-15-5-4-9-22-19(15)25-24-18;2*1-10-9-13(24-7-4-11(19)5-8-24)21-16(14(10)18)15-12-3-2-6-20-17(12)23-22-15;;/h3-7,9,13-14,21,26H,8,10-12H2,1-2H3,(H,22,24,25);2*2-3,6,9,11H,4-5,7-8,19H2,1H3,(H,20,22,23);2*1H/t14-,20?;;;;/m0..../s1. The van der Waals surface area contributed by atoms with Gasteiger partial charge in [0.25, 0.3) is 0 Å². The van der Waals surface area contributed by atoms with Crippen LogP contribution >= 0.6 is 23.2 Å². The number of pyridine rings is 6. The number of H-pyrrole nitrogens is 3. The van der Waals surface area contributed by atoms with E-state index in [2.05, 4.69) is 74.5 Å². The third-order valence-corrected chi connectivity index (χ3v) is 15.2. The van der Waals surface area contributed by atoms with Crippen molar-refractivity contribution in [1.29, 1.82) is 0 Å². The van der Waals surface area contributed by atoms with Crippen molar-refractivity contribution in [2.75, 3.05) is 42.5 Å². The lowest BCUT2D eigenvalue weighted by molar-refractivity contribution is -0.0152. The molecule has 388 valence electrons. The van der Waals surface area contributed by atoms with Gasteiger partial charge in [-0.25, -0.2) is 29.9 Å². The van der Waals surface area contributed by atoms with E-state index < -0.39 is 5.60 Å². The fraction of sp³-hybridized carbons (Fsp3) is 0.389. The van der Waals surface area contributed by atoms with E-state index in [0.29, 0.717) is 51.8 Å². The van der Waals surface area contributed by atoms with Gasteiger partial charge in [0.1, 0.15) is 28.6 Å². The minimum atomic E-state index is -0.894. The van der Waals surface area contributed by atoms with Crippen molar-refractivity contribution < 1.29 is 7.96 Å². The zero-order chi connectivity index (χ0) is 51.5. The van der Waals surface area contributed by atoms with Gasteiger partial charge in [-0.15, -0.1) is 0 Å². The number of rotatable bonds is 8. The topological polar surface area (TPSA) is 254 Å². The normalized spacial score (nSPS) is 18.7. The second-order valence-electron chi connectivity index (χ2n) is 20.2. The molecule has 0 aromatic carbocycles. The van der Waals surface area contributed by atoms with Gasteiger partial charge in [0.05, 0.1) is 38.5 Å². The Morgan fingerprint density at radius 2 is 1.12 bits per heavy atom. The average molecular weight is 1040 g/mol. The molecule has 0 amide bonds. The first-order valence-electron chi connectivity index (χ1n) is 25.5. The van der Waals surface area contributed by atoms with Gasteiger partial charge >= 0.3 is 0 Å². The Bertz CT molecular complexity index is 3240. The number of fused-ring (bicyclic) bond motifs is 3. The van der Waals surface area contributed by atoms with Gasteiger partial charge in [-0.3, -0.25) is 15.3 Å². The molecule has 3 aliphatic rings. The second kappa shape index (κ2) is 22.0. The molecule has 0 spiro atoms. The molecule has 2 atom stereocenters. The van der Waals surface area contributed by atoms with Crippen LogP contribution in [0.3, 0.4) is 0 Å². The summed E-state index contributed by atoms with van der Waals surface area (Å²) in [6.45, 7) is 12.9. The zero-order valence-corrected chi connectivity index (χ0v) is 43.7. The van der Waals surface area contributed by atoms with Gasteiger partial charge in [-0.05, 0) is 143 Å². The quantitative estimate of drug-likeness (QED) is 0.0748. The number of nitrogens with zero attached hydrogens (tertiary/aromatic N) is 11. The van der Waals surface area contributed by atoms with Crippen molar-refractivity contribution in [2.45, 2.75) is 96.4 Å². The van der Waals surface area contributed by atoms with Crippen LogP contribution in [0.15, 0.2) is 85.3 Å². The number of nitrogens with one attached hydrogen (secondary N) is 4. The van der Waals surface area contributed by atoms with E-state index in [1.807, 2.05) is 80.6 Å². The summed E-state index contributed by atoms with van der Waals surface area (Å²) in [6, 6.07) is 22.4. The number of aromatic nitrogens is 12. The van der Waals surface area contributed by atoms with Gasteiger partial charge in [0.15, 0.2) is 16.9 Å². The highest BCUT2D eigenvalue weighted by molar-refractivity contribution is 6.34. The first-order valence-corrected chi connectivity index (χ1v) is 26.2. The molecule has 74 heavy (non-hydrogen) atoms. The van der Waals surface area contributed by atoms with Gasteiger partial charge < -0.3 is 31.7 Å². The Morgan fingerprint density at radius 3 is 1.59 bits per heavy atom. The minimum Gasteiger partial charge on any atom is -0.383 e. The summed E-state index contributed by atoms with van der Waals surface area (Å²) in [6.07, 6.45) is 11.5. The number of aryl methyl sites for hydroxylation is 2. The van der Waals surface area contributed by atoms with E-state index in [9.17, 15) is 5.11 Å². The number of hydrogen-bond donors (Lipinski definition) is 7. The largest absolute Gasteiger partial charge is 0.383 e. The smallest absolute Gasteiger partial charge is 0.181 e. The molecule has 9 N–H and O–H groups in total. The molecular weight excluding hydrogens is 974 g/mol. The molecule has 0 bridgehead atoms. The van der Waals surface area contributed by atoms with Crippen LogP contribution in [0.1, 0.15) is 78.5 Å². The molecule has 12 rings (SSSR count). The maximum Gasteiger partial charge on any atom is 0.181 e. The summed E-state index contributed by atoms with van der Waals surface area (Å²) < 4.78 is 0. The van der Waals surface area contributed by atoms with E-state index >= 15 is 0 Å². The fourth-order valence-corrected chi connectivity index (χ4v) is 10.5. The van der Waals surface area contributed by atoms with Crippen molar-refractivity contribution in [3.05, 3.63) is 112 Å². The monoisotopic (exact) mass is 1040 g/mol. The van der Waals surface area contributed by atoms with Crippen LogP contribution in [-0.2, 0) is 5.60 Å². The van der Waals surface area contributed by atoms with Crippen LogP contribution in [0, 0.1) is 19.8 Å². The van der Waals surface area contributed by atoms with E-state index in [-0.39, 0.29) is 14.9 Å². The molecule has 0 radical (unpaired) electrons. The third kappa shape index (κ3) is 10.9. The molecular formula is C54H67Cl2N17O. The first kappa shape index (κ1) is 50.8.